The van der Waals surface area contributed by atoms with E-state index in [0.717, 1.165) is 50.9 Å². The maximum atomic E-state index is 13.1. The normalized spacial score (nSPS) is 25.4. The summed E-state index contributed by atoms with van der Waals surface area (Å²) in [6.07, 6.45) is 10.7. The first kappa shape index (κ1) is 23.4. The van der Waals surface area contributed by atoms with Crippen LogP contribution in [0.15, 0.2) is 35.2 Å². The highest BCUT2D eigenvalue weighted by atomic mass is 32.2. The molecule has 0 amide bonds. The van der Waals surface area contributed by atoms with Crippen LogP contribution in [0, 0.1) is 17.8 Å². The lowest BCUT2D eigenvalue weighted by Gasteiger charge is -2.46. The third kappa shape index (κ3) is 5.60. The van der Waals surface area contributed by atoms with Gasteiger partial charge in [-0.15, -0.1) is 0 Å². The van der Waals surface area contributed by atoms with E-state index in [1.54, 1.807) is 24.3 Å². The van der Waals surface area contributed by atoms with Crippen LogP contribution in [-0.2, 0) is 14.3 Å². The molecule has 0 bridgehead atoms. The number of hydrogen-bond acceptors (Lipinski definition) is 3. The quantitative estimate of drug-likeness (QED) is 0.371. The average molecular weight is 409 g/mol. The van der Waals surface area contributed by atoms with Crippen LogP contribution < -0.4 is 0 Å². The first-order valence-electron chi connectivity index (χ1n) is 11.4. The third-order valence-corrected chi connectivity index (χ3v) is 8.31. The van der Waals surface area contributed by atoms with E-state index in [2.05, 4.69) is 27.7 Å². The molecule has 0 aliphatic heterocycles. The predicted molar refractivity (Wildman–Crippen MR) is 117 cm³/mol. The van der Waals surface area contributed by atoms with Crippen molar-refractivity contribution in [2.24, 2.45) is 17.8 Å². The molecule has 0 spiro atoms. The molecule has 1 aromatic rings. The number of benzene rings is 1. The van der Waals surface area contributed by atoms with Gasteiger partial charge in [0.25, 0.3) is 10.1 Å². The summed E-state index contributed by atoms with van der Waals surface area (Å²) in [5.41, 5.74) is -0.541. The fourth-order valence-corrected chi connectivity index (χ4v) is 6.67. The highest BCUT2D eigenvalue weighted by Gasteiger charge is 2.46. The SMILES string of the molecule is CCCC(CC)C1CCC(OS(=O)(=O)c2ccccc2)(C(CC)CCC)CC1. The Morgan fingerprint density at radius 2 is 1.57 bits per heavy atom. The van der Waals surface area contributed by atoms with Crippen LogP contribution in [0.25, 0.3) is 0 Å². The fraction of sp³-hybridized carbons (Fsp3) is 0.750. The molecule has 1 aliphatic rings. The lowest BCUT2D eigenvalue weighted by atomic mass is 9.66. The van der Waals surface area contributed by atoms with Crippen molar-refractivity contribution in [1.82, 2.24) is 0 Å². The standard InChI is InChI=1S/C24H40O3S/c1-5-12-20(7-3)21-16-18-24(19-17-21,22(8-4)13-6-2)27-28(25,26)23-14-10-9-11-15-23/h9-11,14-15,20-22H,5-8,12-13,16-19H2,1-4H3. The zero-order chi connectivity index (χ0) is 20.6. The summed E-state index contributed by atoms with van der Waals surface area (Å²) < 4.78 is 32.3. The van der Waals surface area contributed by atoms with Gasteiger partial charge >= 0.3 is 0 Å². The average Bonchev–Trinajstić information content (AvgIpc) is 2.71. The van der Waals surface area contributed by atoms with E-state index in [-0.39, 0.29) is 4.90 Å². The van der Waals surface area contributed by atoms with Crippen LogP contribution in [0.5, 0.6) is 0 Å². The molecule has 4 heteroatoms. The van der Waals surface area contributed by atoms with E-state index in [1.165, 1.54) is 19.3 Å². The molecule has 2 unspecified atom stereocenters. The molecule has 0 N–H and O–H groups in total. The minimum Gasteiger partial charge on any atom is -0.259 e. The fourth-order valence-electron chi connectivity index (χ4n) is 5.35. The van der Waals surface area contributed by atoms with Crippen LogP contribution in [-0.4, -0.2) is 14.0 Å². The Bertz CT molecular complexity index is 660. The zero-order valence-corrected chi connectivity index (χ0v) is 19.1. The lowest BCUT2D eigenvalue weighted by molar-refractivity contribution is -0.0427. The maximum absolute atomic E-state index is 13.1. The maximum Gasteiger partial charge on any atom is 0.297 e. The molecule has 1 aliphatic carbocycles. The van der Waals surface area contributed by atoms with Crippen LogP contribution in [0.4, 0.5) is 0 Å². The van der Waals surface area contributed by atoms with E-state index in [9.17, 15) is 8.42 Å². The molecule has 1 fully saturated rings. The van der Waals surface area contributed by atoms with Crippen molar-refractivity contribution in [2.45, 2.75) is 102 Å². The van der Waals surface area contributed by atoms with Crippen molar-refractivity contribution in [1.29, 1.82) is 0 Å². The van der Waals surface area contributed by atoms with Gasteiger partial charge < -0.3 is 0 Å². The molecule has 0 aromatic heterocycles. The Kier molecular flexibility index (Phi) is 9.01. The van der Waals surface area contributed by atoms with E-state index in [4.69, 9.17) is 4.18 Å². The number of rotatable bonds is 11. The summed E-state index contributed by atoms with van der Waals surface area (Å²) in [6, 6.07) is 8.65. The van der Waals surface area contributed by atoms with E-state index >= 15 is 0 Å². The molecule has 1 aromatic carbocycles. The molecule has 3 nitrogen and oxygen atoms in total. The minimum absolute atomic E-state index is 0.278. The predicted octanol–water partition coefficient (Wildman–Crippen LogP) is 6.97. The second-order valence-electron chi connectivity index (χ2n) is 8.60. The van der Waals surface area contributed by atoms with Crippen molar-refractivity contribution >= 4 is 10.1 Å². The molecular weight excluding hydrogens is 368 g/mol. The third-order valence-electron chi connectivity index (χ3n) is 6.91. The smallest absolute Gasteiger partial charge is 0.259 e. The van der Waals surface area contributed by atoms with Crippen molar-refractivity contribution in [3.8, 4) is 0 Å². The van der Waals surface area contributed by atoms with Gasteiger partial charge in [0.1, 0.15) is 0 Å². The van der Waals surface area contributed by atoms with Crippen molar-refractivity contribution < 1.29 is 12.6 Å². The summed E-state index contributed by atoms with van der Waals surface area (Å²) >= 11 is 0. The molecule has 28 heavy (non-hydrogen) atoms. The summed E-state index contributed by atoms with van der Waals surface area (Å²) in [6.45, 7) is 8.92. The van der Waals surface area contributed by atoms with Crippen LogP contribution >= 0.6 is 0 Å². The first-order valence-corrected chi connectivity index (χ1v) is 12.8. The minimum atomic E-state index is -3.75. The van der Waals surface area contributed by atoms with Crippen molar-refractivity contribution in [3.63, 3.8) is 0 Å². The Morgan fingerprint density at radius 1 is 0.964 bits per heavy atom. The van der Waals surface area contributed by atoms with E-state index in [1.807, 2.05) is 6.07 Å². The molecule has 2 rings (SSSR count). The molecule has 0 saturated heterocycles. The Labute approximate surface area is 173 Å². The number of hydrogen-bond donors (Lipinski definition) is 0. The van der Waals surface area contributed by atoms with Gasteiger partial charge in [0.2, 0.25) is 0 Å². The highest BCUT2D eigenvalue weighted by molar-refractivity contribution is 7.86. The van der Waals surface area contributed by atoms with Gasteiger partial charge in [0.05, 0.1) is 10.5 Å². The lowest BCUT2D eigenvalue weighted by Crippen LogP contribution is -2.46. The first-order chi connectivity index (χ1) is 13.4. The largest absolute Gasteiger partial charge is 0.297 e. The Hall–Kier alpha value is -0.870. The highest BCUT2D eigenvalue weighted by Crippen LogP contribution is 2.47. The summed E-state index contributed by atoms with van der Waals surface area (Å²) in [5, 5.41) is 0. The molecule has 1 saturated carbocycles. The van der Waals surface area contributed by atoms with Gasteiger partial charge in [-0.3, -0.25) is 4.18 Å². The van der Waals surface area contributed by atoms with Gasteiger partial charge in [-0.25, -0.2) is 0 Å². The van der Waals surface area contributed by atoms with E-state index in [0.29, 0.717) is 11.8 Å². The molecule has 2 atom stereocenters. The van der Waals surface area contributed by atoms with Gasteiger partial charge in [-0.05, 0) is 62.0 Å². The summed E-state index contributed by atoms with van der Waals surface area (Å²) in [4.78, 5) is 0.278. The van der Waals surface area contributed by atoms with Gasteiger partial charge in [-0.2, -0.15) is 8.42 Å². The second-order valence-corrected chi connectivity index (χ2v) is 10.1. The summed E-state index contributed by atoms with van der Waals surface area (Å²) in [5.74, 6) is 1.77. The molecular formula is C24H40O3S. The zero-order valence-electron chi connectivity index (χ0n) is 18.3. The van der Waals surface area contributed by atoms with Crippen molar-refractivity contribution in [3.05, 3.63) is 30.3 Å². The van der Waals surface area contributed by atoms with Gasteiger partial charge in [-0.1, -0.05) is 78.0 Å². The monoisotopic (exact) mass is 408 g/mol. The van der Waals surface area contributed by atoms with Gasteiger partial charge in [0.15, 0.2) is 0 Å². The molecule has 0 radical (unpaired) electrons. The van der Waals surface area contributed by atoms with Crippen LogP contribution in [0.3, 0.4) is 0 Å². The second kappa shape index (κ2) is 10.8. The van der Waals surface area contributed by atoms with E-state index < -0.39 is 15.7 Å². The van der Waals surface area contributed by atoms with Crippen LogP contribution in [0.2, 0.25) is 0 Å². The Morgan fingerprint density at radius 3 is 2.07 bits per heavy atom. The molecule has 0 heterocycles. The van der Waals surface area contributed by atoms with Gasteiger partial charge in [0, 0.05) is 0 Å². The summed E-state index contributed by atoms with van der Waals surface area (Å²) in [7, 11) is -3.75. The topological polar surface area (TPSA) is 43.4 Å². The van der Waals surface area contributed by atoms with Crippen molar-refractivity contribution in [2.75, 3.05) is 0 Å². The van der Waals surface area contributed by atoms with Crippen LogP contribution in [0.1, 0.15) is 91.9 Å². The molecule has 160 valence electrons. The Balaban J connectivity index is 2.26.